The Balaban J connectivity index is 2.62. The predicted molar refractivity (Wildman–Crippen MR) is 58.9 cm³/mol. The van der Waals surface area contributed by atoms with Gasteiger partial charge in [-0.25, -0.2) is 4.79 Å². The van der Waals surface area contributed by atoms with E-state index in [4.69, 9.17) is 14.3 Å². The second kappa shape index (κ2) is 3.89. The first-order valence-electron chi connectivity index (χ1n) is 5.01. The molecule has 4 nitrogen and oxygen atoms in total. The molecule has 16 heavy (non-hydrogen) atoms. The van der Waals surface area contributed by atoms with Gasteiger partial charge in [0.05, 0.1) is 11.5 Å². The average Bonchev–Trinajstić information content (AvgIpc) is 2.57. The summed E-state index contributed by atoms with van der Waals surface area (Å²) in [6.45, 7) is 3.72. The highest BCUT2D eigenvalue weighted by Crippen LogP contribution is 2.32. The second-order valence-corrected chi connectivity index (χ2v) is 3.74. The van der Waals surface area contributed by atoms with Crippen LogP contribution in [0, 0.1) is 0 Å². The fraction of sp³-hybridized carbons (Fsp3) is 0.250. The molecule has 1 heterocycles. The summed E-state index contributed by atoms with van der Waals surface area (Å²) in [6, 6.07) is 7.07. The Bertz CT molecular complexity index is 525. The van der Waals surface area contributed by atoms with Crippen LogP contribution in [0.3, 0.4) is 0 Å². The number of benzene rings is 1. The van der Waals surface area contributed by atoms with Crippen LogP contribution in [-0.2, 0) is 0 Å². The van der Waals surface area contributed by atoms with E-state index in [1.807, 2.05) is 19.9 Å². The van der Waals surface area contributed by atoms with E-state index >= 15 is 0 Å². The Hall–Kier alpha value is -1.97. The molecule has 1 N–H and O–H groups in total. The van der Waals surface area contributed by atoms with Crippen molar-refractivity contribution in [2.45, 2.75) is 20.0 Å². The summed E-state index contributed by atoms with van der Waals surface area (Å²) in [6.07, 6.45) is -0.0591. The third-order valence-electron chi connectivity index (χ3n) is 2.12. The Morgan fingerprint density at radius 2 is 1.94 bits per heavy atom. The maximum atomic E-state index is 11.0. The van der Waals surface area contributed by atoms with Gasteiger partial charge in [-0.2, -0.15) is 0 Å². The summed E-state index contributed by atoms with van der Waals surface area (Å²) in [5.41, 5.74) is 0. The Morgan fingerprint density at radius 3 is 2.50 bits per heavy atom. The molecule has 0 saturated heterocycles. The molecule has 0 aliphatic carbocycles. The molecule has 2 aromatic rings. The minimum absolute atomic E-state index is 0.0591. The maximum absolute atomic E-state index is 11.0. The van der Waals surface area contributed by atoms with Gasteiger partial charge in [0, 0.05) is 5.39 Å². The van der Waals surface area contributed by atoms with E-state index in [0.717, 1.165) is 0 Å². The van der Waals surface area contributed by atoms with Crippen LogP contribution >= 0.6 is 0 Å². The van der Waals surface area contributed by atoms with E-state index in [1.165, 1.54) is 0 Å². The number of hydrogen-bond donors (Lipinski definition) is 1. The molecule has 0 unspecified atom stereocenters. The predicted octanol–water partition coefficient (Wildman–Crippen LogP) is 2.92. The third kappa shape index (κ3) is 1.74. The highest BCUT2D eigenvalue weighted by molar-refractivity contribution is 6.03. The van der Waals surface area contributed by atoms with Crippen molar-refractivity contribution in [2.75, 3.05) is 0 Å². The average molecular weight is 220 g/mol. The lowest BCUT2D eigenvalue weighted by Crippen LogP contribution is -2.04. The molecule has 1 aromatic carbocycles. The molecule has 0 bridgehead atoms. The van der Waals surface area contributed by atoms with Crippen LogP contribution in [0.5, 0.6) is 5.95 Å². The first-order valence-corrected chi connectivity index (χ1v) is 5.01. The van der Waals surface area contributed by atoms with Crippen LogP contribution in [-0.4, -0.2) is 17.2 Å². The summed E-state index contributed by atoms with van der Waals surface area (Å²) in [5.74, 6) is -0.899. The largest absolute Gasteiger partial charge is 0.475 e. The lowest BCUT2D eigenvalue weighted by molar-refractivity contribution is 0.0652. The second-order valence-electron chi connectivity index (χ2n) is 3.74. The standard InChI is InChI=1S/C12H12O4/c1-7(2)15-12-9-6-4-3-5-8(9)10(16-12)11(13)14/h3-7H,1-2H3,(H,13,14). The summed E-state index contributed by atoms with van der Waals surface area (Å²) in [5, 5.41) is 10.2. The van der Waals surface area contributed by atoms with E-state index in [2.05, 4.69) is 0 Å². The molecule has 4 heteroatoms. The third-order valence-corrected chi connectivity index (χ3v) is 2.12. The van der Waals surface area contributed by atoms with Gasteiger partial charge in [0.2, 0.25) is 5.76 Å². The zero-order valence-corrected chi connectivity index (χ0v) is 9.06. The van der Waals surface area contributed by atoms with E-state index in [0.29, 0.717) is 10.8 Å². The molecule has 0 atom stereocenters. The van der Waals surface area contributed by atoms with Gasteiger partial charge in [-0.3, -0.25) is 0 Å². The highest BCUT2D eigenvalue weighted by Gasteiger charge is 2.19. The lowest BCUT2D eigenvalue weighted by atomic mass is 10.2. The van der Waals surface area contributed by atoms with Gasteiger partial charge in [0.15, 0.2) is 0 Å². The molecule has 84 valence electrons. The van der Waals surface area contributed by atoms with Crippen molar-refractivity contribution in [3.05, 3.63) is 30.0 Å². The van der Waals surface area contributed by atoms with Gasteiger partial charge in [-0.05, 0) is 19.9 Å². The van der Waals surface area contributed by atoms with Crippen LogP contribution in [0.15, 0.2) is 28.7 Å². The number of carboxylic acids is 1. The van der Waals surface area contributed by atoms with Crippen molar-refractivity contribution in [2.24, 2.45) is 0 Å². The van der Waals surface area contributed by atoms with Crippen LogP contribution in [0.1, 0.15) is 24.4 Å². The number of carboxylic acid groups (broad SMARTS) is 1. The Kier molecular flexibility index (Phi) is 2.56. The van der Waals surface area contributed by atoms with Crippen molar-refractivity contribution in [3.63, 3.8) is 0 Å². The number of furan rings is 1. The maximum Gasteiger partial charge on any atom is 0.372 e. The van der Waals surface area contributed by atoms with Crippen LogP contribution in [0.25, 0.3) is 10.8 Å². The number of ether oxygens (including phenoxy) is 1. The van der Waals surface area contributed by atoms with Crippen LogP contribution in [0.2, 0.25) is 0 Å². The number of carbonyl (C=O) groups is 1. The molecule has 2 rings (SSSR count). The molecule has 1 aromatic heterocycles. The number of rotatable bonds is 3. The zero-order chi connectivity index (χ0) is 11.7. The fourth-order valence-electron chi connectivity index (χ4n) is 1.52. The molecule has 0 radical (unpaired) electrons. The zero-order valence-electron chi connectivity index (χ0n) is 9.06. The molecule has 0 fully saturated rings. The topological polar surface area (TPSA) is 59.7 Å². The van der Waals surface area contributed by atoms with Crippen molar-refractivity contribution in [3.8, 4) is 5.95 Å². The van der Waals surface area contributed by atoms with Crippen molar-refractivity contribution < 1.29 is 19.1 Å². The summed E-state index contributed by atoms with van der Waals surface area (Å²) in [4.78, 5) is 11.0. The van der Waals surface area contributed by atoms with E-state index in [1.54, 1.807) is 18.2 Å². The molecule has 0 aliphatic rings. The molecule has 0 saturated carbocycles. The SMILES string of the molecule is CC(C)Oc1oc(C(=O)O)c2ccccc12. The van der Waals surface area contributed by atoms with Crippen molar-refractivity contribution >= 4 is 16.7 Å². The number of aromatic carboxylic acids is 1. The quantitative estimate of drug-likeness (QED) is 0.863. The van der Waals surface area contributed by atoms with Gasteiger partial charge in [0.1, 0.15) is 0 Å². The minimum Gasteiger partial charge on any atom is -0.475 e. The van der Waals surface area contributed by atoms with E-state index in [9.17, 15) is 4.79 Å². The Labute approximate surface area is 92.4 Å². The first-order chi connectivity index (χ1) is 7.59. The van der Waals surface area contributed by atoms with Gasteiger partial charge in [0.25, 0.3) is 5.95 Å². The summed E-state index contributed by atoms with van der Waals surface area (Å²) in [7, 11) is 0. The minimum atomic E-state index is -1.09. The monoisotopic (exact) mass is 220 g/mol. The summed E-state index contributed by atoms with van der Waals surface area (Å²) < 4.78 is 10.6. The van der Waals surface area contributed by atoms with Crippen LogP contribution in [0.4, 0.5) is 0 Å². The van der Waals surface area contributed by atoms with E-state index in [-0.39, 0.29) is 17.8 Å². The fourth-order valence-corrected chi connectivity index (χ4v) is 1.52. The molecule has 0 amide bonds. The van der Waals surface area contributed by atoms with Gasteiger partial charge in [-0.1, -0.05) is 18.2 Å². The Morgan fingerprint density at radius 1 is 1.31 bits per heavy atom. The van der Waals surface area contributed by atoms with Gasteiger partial charge in [-0.15, -0.1) is 0 Å². The van der Waals surface area contributed by atoms with Gasteiger partial charge >= 0.3 is 5.97 Å². The highest BCUT2D eigenvalue weighted by atomic mass is 16.6. The van der Waals surface area contributed by atoms with Crippen molar-refractivity contribution in [1.29, 1.82) is 0 Å². The number of hydrogen-bond acceptors (Lipinski definition) is 3. The molecular weight excluding hydrogens is 208 g/mol. The van der Waals surface area contributed by atoms with Gasteiger partial charge < -0.3 is 14.3 Å². The molecule has 0 spiro atoms. The number of fused-ring (bicyclic) bond motifs is 1. The van der Waals surface area contributed by atoms with Crippen LogP contribution < -0.4 is 4.74 Å². The normalized spacial score (nSPS) is 10.9. The molecule has 0 aliphatic heterocycles. The molecular formula is C12H12O4. The summed E-state index contributed by atoms with van der Waals surface area (Å²) >= 11 is 0. The first kappa shape index (κ1) is 10.5. The smallest absolute Gasteiger partial charge is 0.372 e. The lowest BCUT2D eigenvalue weighted by Gasteiger charge is -2.05. The van der Waals surface area contributed by atoms with Crippen molar-refractivity contribution in [1.82, 2.24) is 0 Å². The van der Waals surface area contributed by atoms with E-state index < -0.39 is 5.97 Å².